The Kier molecular flexibility index (Phi) is 9.96. The molecular formula is C12H27N8O10P. The fourth-order valence-corrected chi connectivity index (χ4v) is 5.00. The summed E-state index contributed by atoms with van der Waals surface area (Å²) in [6.07, 6.45) is 0. The summed E-state index contributed by atoms with van der Waals surface area (Å²) in [6.45, 7) is -0.602. The van der Waals surface area contributed by atoms with Crippen molar-refractivity contribution in [1.82, 2.24) is 14.0 Å². The van der Waals surface area contributed by atoms with Gasteiger partial charge in [0.2, 0.25) is 6.61 Å². The highest BCUT2D eigenvalue weighted by Gasteiger charge is 2.52. The first-order valence-corrected chi connectivity index (χ1v) is 10.1. The Morgan fingerprint density at radius 1 is 0.774 bits per heavy atom. The molecule has 18 nitrogen and oxygen atoms in total. The monoisotopic (exact) mass is 474 g/mol. The van der Waals surface area contributed by atoms with E-state index in [1.54, 1.807) is 37.5 Å². The van der Waals surface area contributed by atoms with Crippen LogP contribution in [0.3, 0.4) is 0 Å². The minimum absolute atomic E-state index is 0.365. The molecule has 0 atom stereocenters. The summed E-state index contributed by atoms with van der Waals surface area (Å²) in [7, 11) is 4.84. The van der Waals surface area contributed by atoms with Gasteiger partial charge in [-0.05, 0) is 35.2 Å². The van der Waals surface area contributed by atoms with Crippen molar-refractivity contribution in [1.29, 1.82) is 0 Å². The Morgan fingerprint density at radius 3 is 1.45 bits per heavy atom. The lowest BCUT2D eigenvalue weighted by atomic mass is 10.2. The first-order chi connectivity index (χ1) is 14.0. The number of hydrogen-bond donors (Lipinski definition) is 0. The molecule has 19 heteroatoms. The van der Waals surface area contributed by atoms with Gasteiger partial charge < -0.3 is 4.74 Å². The van der Waals surface area contributed by atoms with Gasteiger partial charge in [-0.2, -0.15) is 0 Å². The third kappa shape index (κ3) is 6.08. The molecule has 0 saturated heterocycles. The lowest BCUT2D eigenvalue weighted by molar-refractivity contribution is -0.794. The van der Waals surface area contributed by atoms with Crippen molar-refractivity contribution in [3.63, 3.8) is 0 Å². The molecule has 0 unspecified atom stereocenters. The Hall–Kier alpha value is -2.37. The zero-order chi connectivity index (χ0) is 24.8. The third-order valence-corrected chi connectivity index (χ3v) is 7.78. The van der Waals surface area contributed by atoms with Gasteiger partial charge in [-0.25, -0.2) is 9.51 Å². The molecule has 0 aromatic rings. The highest BCUT2D eigenvalue weighted by atomic mass is 31.2. The predicted molar refractivity (Wildman–Crippen MR) is 106 cm³/mol. The largest absolute Gasteiger partial charge is 0.480 e. The van der Waals surface area contributed by atoms with Crippen molar-refractivity contribution in [2.45, 2.75) is 25.2 Å². The summed E-state index contributed by atoms with van der Waals surface area (Å²) in [4.78, 5) is 48.9. The Labute approximate surface area is 177 Å². The first kappa shape index (κ1) is 28.6. The average molecular weight is 474 g/mol. The first-order valence-electron chi connectivity index (χ1n) is 8.46. The number of ether oxygens (including phenoxy) is 1. The van der Waals surface area contributed by atoms with Crippen molar-refractivity contribution in [3.8, 4) is 0 Å². The Bertz CT molecular complexity index is 720. The van der Waals surface area contributed by atoms with Gasteiger partial charge in [-0.3, -0.25) is 49.8 Å². The quantitative estimate of drug-likeness (QED) is 0.145. The van der Waals surface area contributed by atoms with Gasteiger partial charge in [0.15, 0.2) is 14.1 Å². The number of rotatable bonds is 14. The van der Waals surface area contributed by atoms with Crippen LogP contribution in [0.5, 0.6) is 0 Å². The lowest BCUT2D eigenvalue weighted by Crippen LogP contribution is -2.48. The standard InChI is InChI=1S/C12H27N8O10P/c1-11(17(21)22,18(23)24)8-29-10-16(7)31(14(3)4,15(5)6)13-30-9-12(2,19(25)26)20(27)28/h8-10H2,1-7H3. The van der Waals surface area contributed by atoms with Gasteiger partial charge in [-0.15, -0.1) is 4.91 Å². The summed E-state index contributed by atoms with van der Waals surface area (Å²) in [5.74, 6) is 0. The zero-order valence-corrected chi connectivity index (χ0v) is 19.1. The van der Waals surface area contributed by atoms with Gasteiger partial charge >= 0.3 is 11.3 Å². The van der Waals surface area contributed by atoms with Gasteiger partial charge in [0.1, 0.15) is 26.4 Å². The predicted octanol–water partition coefficient (Wildman–Crippen LogP) is 0.433. The second-order valence-electron chi connectivity index (χ2n) is 7.18. The third-order valence-electron chi connectivity index (χ3n) is 4.26. The average Bonchev–Trinajstić information content (AvgIpc) is 2.63. The highest BCUT2D eigenvalue weighted by Crippen LogP contribution is 2.55. The smallest absolute Gasteiger partial charge is 0.350 e. The molecule has 0 radical (unpaired) electrons. The molecule has 0 aliphatic rings. The molecule has 0 bridgehead atoms. The Morgan fingerprint density at radius 2 is 1.13 bits per heavy atom. The van der Waals surface area contributed by atoms with Crippen molar-refractivity contribution in [2.24, 2.45) is 4.91 Å². The van der Waals surface area contributed by atoms with E-state index in [0.29, 0.717) is 0 Å². The zero-order valence-electron chi connectivity index (χ0n) is 18.2. The van der Waals surface area contributed by atoms with Crippen LogP contribution in [0.2, 0.25) is 0 Å². The van der Waals surface area contributed by atoms with E-state index in [4.69, 9.17) is 9.57 Å². The minimum Gasteiger partial charge on any atom is -0.350 e. The van der Waals surface area contributed by atoms with E-state index in [1.165, 1.54) is 11.7 Å². The molecule has 0 spiro atoms. The van der Waals surface area contributed by atoms with Crippen LogP contribution in [0.15, 0.2) is 4.91 Å². The van der Waals surface area contributed by atoms with E-state index in [1.807, 2.05) is 0 Å². The minimum atomic E-state index is -3.01. The normalized spacial score (nSPS) is 13.0. The fourth-order valence-electron chi connectivity index (χ4n) is 2.20. The maximum atomic E-state index is 11.1. The van der Waals surface area contributed by atoms with Crippen LogP contribution >= 0.6 is 7.51 Å². The number of nitro groups is 4. The fraction of sp³-hybridized carbons (Fsp3) is 1.00. The summed E-state index contributed by atoms with van der Waals surface area (Å²) in [5, 5.41) is 44.1. The van der Waals surface area contributed by atoms with Crippen LogP contribution in [0.25, 0.3) is 0 Å². The summed E-state index contributed by atoms with van der Waals surface area (Å²) >= 11 is 0. The SMILES string of the molecule is CN(C)P(=NOCC(C)([N+](=O)[O-])[N+](=O)[O-])(N(C)C)N(C)COCC(C)([N+](=O)[O-])[N+](=O)[O-]. The van der Waals surface area contributed by atoms with Crippen LogP contribution < -0.4 is 0 Å². The van der Waals surface area contributed by atoms with Crippen molar-refractivity contribution in [3.05, 3.63) is 40.5 Å². The van der Waals surface area contributed by atoms with Crippen LogP contribution in [0.4, 0.5) is 0 Å². The highest BCUT2D eigenvalue weighted by molar-refractivity contribution is 7.58. The molecule has 0 rings (SSSR count). The second kappa shape index (κ2) is 10.8. The molecule has 0 heterocycles. The van der Waals surface area contributed by atoms with E-state index in [2.05, 4.69) is 4.91 Å². The topological polar surface area (TPSA) is 213 Å². The summed E-state index contributed by atoms with van der Waals surface area (Å²) in [5.41, 5.74) is -5.20. The molecule has 0 aliphatic carbocycles. The van der Waals surface area contributed by atoms with E-state index < -0.39 is 51.7 Å². The second-order valence-corrected chi connectivity index (χ2v) is 10.7. The van der Waals surface area contributed by atoms with Crippen molar-refractivity contribution >= 4 is 7.51 Å². The van der Waals surface area contributed by atoms with Crippen LogP contribution in [-0.4, -0.2) is 100 Å². The molecule has 31 heavy (non-hydrogen) atoms. The number of nitrogens with zero attached hydrogens (tertiary/aromatic N) is 8. The Balaban J connectivity index is 5.75. The van der Waals surface area contributed by atoms with E-state index >= 15 is 0 Å². The van der Waals surface area contributed by atoms with Gasteiger partial charge in [0, 0.05) is 0 Å². The molecule has 0 aromatic carbocycles. The molecular weight excluding hydrogens is 447 g/mol. The van der Waals surface area contributed by atoms with E-state index in [0.717, 1.165) is 13.8 Å². The van der Waals surface area contributed by atoms with Gasteiger partial charge in [-0.1, -0.05) is 0 Å². The van der Waals surface area contributed by atoms with E-state index in [9.17, 15) is 40.5 Å². The summed E-state index contributed by atoms with van der Waals surface area (Å²) < 4.78 is 9.78. The molecule has 0 aliphatic heterocycles. The van der Waals surface area contributed by atoms with E-state index in [-0.39, 0.29) is 6.73 Å². The molecule has 0 fully saturated rings. The van der Waals surface area contributed by atoms with Crippen LogP contribution in [0, 0.1) is 40.5 Å². The molecule has 0 amide bonds. The lowest BCUT2D eigenvalue weighted by Gasteiger charge is -2.41. The van der Waals surface area contributed by atoms with Crippen molar-refractivity contribution < 1.29 is 29.3 Å². The summed E-state index contributed by atoms with van der Waals surface area (Å²) in [6, 6.07) is 0. The van der Waals surface area contributed by atoms with Gasteiger partial charge in [0.25, 0.3) is 0 Å². The number of hydrogen-bond acceptors (Lipinski definition) is 11. The molecule has 0 N–H and O–H groups in total. The van der Waals surface area contributed by atoms with Crippen LogP contribution in [0.1, 0.15) is 13.8 Å². The maximum Gasteiger partial charge on any atom is 0.480 e. The van der Waals surface area contributed by atoms with Gasteiger partial charge in [0.05, 0.1) is 13.8 Å². The van der Waals surface area contributed by atoms with Crippen LogP contribution in [-0.2, 0) is 9.57 Å². The molecule has 180 valence electrons. The molecule has 0 saturated carbocycles. The van der Waals surface area contributed by atoms with Crippen molar-refractivity contribution in [2.75, 3.05) is 55.2 Å². The maximum absolute atomic E-state index is 11.1. The molecule has 0 aromatic heterocycles.